The molecule has 0 aliphatic heterocycles. The normalized spacial score (nSPS) is 12.2. The molecule has 0 spiro atoms. The molecule has 1 unspecified atom stereocenters. The number of rotatable bonds is 6. The van der Waals surface area contributed by atoms with E-state index in [0.29, 0.717) is 12.1 Å². The summed E-state index contributed by atoms with van der Waals surface area (Å²) < 4.78 is 0. The quantitative estimate of drug-likeness (QED) is 0.809. The molecule has 0 bridgehead atoms. The summed E-state index contributed by atoms with van der Waals surface area (Å²) in [7, 11) is 0. The Hall–Kier alpha value is -1.42. The van der Waals surface area contributed by atoms with E-state index < -0.39 is 0 Å². The zero-order valence-electron chi connectivity index (χ0n) is 11.5. The highest BCUT2D eigenvalue weighted by atomic mass is 16.1. The first-order valence-electron chi connectivity index (χ1n) is 6.53. The molecule has 4 nitrogen and oxygen atoms in total. The van der Waals surface area contributed by atoms with E-state index in [1.54, 1.807) is 0 Å². The number of carbonyl (C=O) groups is 1. The van der Waals surface area contributed by atoms with Crippen LogP contribution in [0.15, 0.2) is 12.1 Å². The van der Waals surface area contributed by atoms with E-state index in [2.05, 4.69) is 17.2 Å². The third-order valence-electron chi connectivity index (χ3n) is 3.00. The molecule has 18 heavy (non-hydrogen) atoms. The van der Waals surface area contributed by atoms with Gasteiger partial charge in [0.15, 0.2) is 0 Å². The van der Waals surface area contributed by atoms with Gasteiger partial charge in [-0.05, 0) is 32.4 Å². The zero-order chi connectivity index (χ0) is 13.5. The smallest absolute Gasteiger partial charge is 0.253 e. The molecule has 4 heteroatoms. The number of nitrogens with one attached hydrogen (secondary N) is 1. The molecule has 1 atom stereocenters. The van der Waals surface area contributed by atoms with E-state index in [9.17, 15) is 4.79 Å². The SMILES string of the molecule is CCCCC(CN)NC(=O)c1ccc(C)nc1C. The topological polar surface area (TPSA) is 68.0 Å². The molecule has 0 radical (unpaired) electrons. The average Bonchev–Trinajstić information content (AvgIpc) is 2.34. The van der Waals surface area contributed by atoms with Crippen LogP contribution in [0.25, 0.3) is 0 Å². The molecule has 0 fully saturated rings. The Kier molecular flexibility index (Phi) is 5.78. The lowest BCUT2D eigenvalue weighted by atomic mass is 10.1. The number of carbonyl (C=O) groups excluding carboxylic acids is 1. The molecule has 1 aromatic rings. The minimum Gasteiger partial charge on any atom is -0.348 e. The first kappa shape index (κ1) is 14.6. The van der Waals surface area contributed by atoms with Crippen molar-refractivity contribution in [2.24, 2.45) is 5.73 Å². The van der Waals surface area contributed by atoms with E-state index >= 15 is 0 Å². The third kappa shape index (κ3) is 4.11. The molecular weight excluding hydrogens is 226 g/mol. The first-order valence-corrected chi connectivity index (χ1v) is 6.53. The Morgan fingerprint density at radius 2 is 2.17 bits per heavy atom. The van der Waals surface area contributed by atoms with Crippen molar-refractivity contribution in [2.45, 2.75) is 46.1 Å². The fourth-order valence-electron chi connectivity index (χ4n) is 1.89. The average molecular weight is 249 g/mol. The Labute approximate surface area is 109 Å². The minimum atomic E-state index is -0.0773. The van der Waals surface area contributed by atoms with Gasteiger partial charge in [0.2, 0.25) is 0 Å². The number of aromatic nitrogens is 1. The second kappa shape index (κ2) is 7.11. The van der Waals surface area contributed by atoms with Crippen molar-refractivity contribution in [2.75, 3.05) is 6.54 Å². The summed E-state index contributed by atoms with van der Waals surface area (Å²) in [5.41, 5.74) is 7.99. The summed E-state index contributed by atoms with van der Waals surface area (Å²) in [6, 6.07) is 3.73. The van der Waals surface area contributed by atoms with Crippen LogP contribution in [0.2, 0.25) is 0 Å². The lowest BCUT2D eigenvalue weighted by Crippen LogP contribution is -2.40. The maximum atomic E-state index is 12.1. The second-order valence-corrected chi connectivity index (χ2v) is 4.63. The predicted molar refractivity (Wildman–Crippen MR) is 73.5 cm³/mol. The fraction of sp³-hybridized carbons (Fsp3) is 0.571. The summed E-state index contributed by atoms with van der Waals surface area (Å²) in [6.07, 6.45) is 3.11. The Balaban J connectivity index is 2.68. The third-order valence-corrected chi connectivity index (χ3v) is 3.00. The summed E-state index contributed by atoms with van der Waals surface area (Å²) in [5, 5.41) is 2.97. The zero-order valence-corrected chi connectivity index (χ0v) is 11.5. The summed E-state index contributed by atoms with van der Waals surface area (Å²) in [6.45, 7) is 6.37. The van der Waals surface area contributed by atoms with Gasteiger partial charge in [0, 0.05) is 18.3 Å². The van der Waals surface area contributed by atoms with Crippen molar-refractivity contribution in [3.05, 3.63) is 29.1 Å². The van der Waals surface area contributed by atoms with Crippen LogP contribution < -0.4 is 11.1 Å². The lowest BCUT2D eigenvalue weighted by Gasteiger charge is -2.17. The monoisotopic (exact) mass is 249 g/mol. The van der Waals surface area contributed by atoms with Crippen molar-refractivity contribution in [3.63, 3.8) is 0 Å². The number of unbranched alkanes of at least 4 members (excludes halogenated alkanes) is 1. The standard InChI is InChI=1S/C14H23N3O/c1-4-5-6-12(9-15)17-14(18)13-8-7-10(2)16-11(13)3/h7-8,12H,4-6,9,15H2,1-3H3,(H,17,18). The summed E-state index contributed by atoms with van der Waals surface area (Å²) in [5.74, 6) is -0.0773. The van der Waals surface area contributed by atoms with Crippen LogP contribution in [0.1, 0.15) is 47.9 Å². The van der Waals surface area contributed by atoms with Gasteiger partial charge in [0.25, 0.3) is 5.91 Å². The molecule has 1 heterocycles. The predicted octanol–water partition coefficient (Wildman–Crippen LogP) is 1.95. The number of nitrogens with zero attached hydrogens (tertiary/aromatic N) is 1. The van der Waals surface area contributed by atoms with E-state index in [0.717, 1.165) is 30.7 Å². The number of nitrogens with two attached hydrogens (primary N) is 1. The van der Waals surface area contributed by atoms with Crippen LogP contribution in [-0.4, -0.2) is 23.5 Å². The van der Waals surface area contributed by atoms with Gasteiger partial charge in [0.05, 0.1) is 11.3 Å². The van der Waals surface area contributed by atoms with Crippen molar-refractivity contribution in [3.8, 4) is 0 Å². The number of hydrogen-bond acceptors (Lipinski definition) is 3. The molecule has 0 saturated heterocycles. The number of aryl methyl sites for hydroxylation is 2. The van der Waals surface area contributed by atoms with E-state index in [1.165, 1.54) is 0 Å². The molecular formula is C14H23N3O. The van der Waals surface area contributed by atoms with Crippen molar-refractivity contribution in [1.82, 2.24) is 10.3 Å². The molecule has 0 saturated carbocycles. The van der Waals surface area contributed by atoms with E-state index in [-0.39, 0.29) is 11.9 Å². The van der Waals surface area contributed by atoms with Crippen molar-refractivity contribution >= 4 is 5.91 Å². The lowest BCUT2D eigenvalue weighted by molar-refractivity contribution is 0.0934. The van der Waals surface area contributed by atoms with Gasteiger partial charge >= 0.3 is 0 Å². The van der Waals surface area contributed by atoms with E-state index in [1.807, 2.05) is 26.0 Å². The highest BCUT2D eigenvalue weighted by molar-refractivity contribution is 5.95. The molecule has 1 aromatic heterocycles. The first-order chi connectivity index (χ1) is 8.58. The van der Waals surface area contributed by atoms with Gasteiger partial charge in [0.1, 0.15) is 0 Å². The van der Waals surface area contributed by atoms with Crippen LogP contribution in [0.5, 0.6) is 0 Å². The molecule has 0 aliphatic carbocycles. The van der Waals surface area contributed by atoms with Crippen LogP contribution in [0.4, 0.5) is 0 Å². The Bertz CT molecular complexity index is 404. The second-order valence-electron chi connectivity index (χ2n) is 4.63. The molecule has 100 valence electrons. The number of amides is 1. The number of pyridine rings is 1. The molecule has 0 aromatic carbocycles. The van der Waals surface area contributed by atoms with Gasteiger partial charge in [-0.15, -0.1) is 0 Å². The van der Waals surface area contributed by atoms with Crippen molar-refractivity contribution < 1.29 is 4.79 Å². The Morgan fingerprint density at radius 1 is 1.44 bits per heavy atom. The van der Waals surface area contributed by atoms with Crippen LogP contribution in [0.3, 0.4) is 0 Å². The van der Waals surface area contributed by atoms with Gasteiger partial charge < -0.3 is 11.1 Å². The highest BCUT2D eigenvalue weighted by Crippen LogP contribution is 2.08. The molecule has 1 amide bonds. The largest absolute Gasteiger partial charge is 0.348 e. The Morgan fingerprint density at radius 3 is 2.72 bits per heavy atom. The minimum absolute atomic E-state index is 0.0538. The summed E-state index contributed by atoms with van der Waals surface area (Å²) in [4.78, 5) is 16.4. The maximum absolute atomic E-state index is 12.1. The summed E-state index contributed by atoms with van der Waals surface area (Å²) >= 11 is 0. The molecule has 1 rings (SSSR count). The van der Waals surface area contributed by atoms with Gasteiger partial charge in [-0.25, -0.2) is 0 Å². The number of hydrogen-bond donors (Lipinski definition) is 2. The van der Waals surface area contributed by atoms with Crippen molar-refractivity contribution in [1.29, 1.82) is 0 Å². The molecule has 3 N–H and O–H groups in total. The fourth-order valence-corrected chi connectivity index (χ4v) is 1.89. The highest BCUT2D eigenvalue weighted by Gasteiger charge is 2.14. The van der Waals surface area contributed by atoms with E-state index in [4.69, 9.17) is 5.73 Å². The maximum Gasteiger partial charge on any atom is 0.253 e. The van der Waals surface area contributed by atoms with Gasteiger partial charge in [-0.2, -0.15) is 0 Å². The van der Waals surface area contributed by atoms with Crippen LogP contribution in [0, 0.1) is 13.8 Å². The van der Waals surface area contributed by atoms with Gasteiger partial charge in [-0.3, -0.25) is 9.78 Å². The molecule has 0 aliphatic rings. The van der Waals surface area contributed by atoms with Crippen LogP contribution in [-0.2, 0) is 0 Å². The van der Waals surface area contributed by atoms with Gasteiger partial charge in [-0.1, -0.05) is 19.8 Å². The van der Waals surface area contributed by atoms with Crippen LogP contribution >= 0.6 is 0 Å².